The number of alkyl halides is 3. The lowest BCUT2D eigenvalue weighted by atomic mass is 10.1. The van der Waals surface area contributed by atoms with Crippen LogP contribution in [0.4, 0.5) is 18.3 Å². The van der Waals surface area contributed by atoms with Crippen molar-refractivity contribution in [1.29, 1.82) is 0 Å². The van der Waals surface area contributed by atoms with E-state index in [4.69, 9.17) is 5.73 Å². The maximum absolute atomic E-state index is 12.5. The summed E-state index contributed by atoms with van der Waals surface area (Å²) in [6.45, 7) is 3.36. The van der Waals surface area contributed by atoms with Crippen LogP contribution in [0.5, 0.6) is 0 Å². The van der Waals surface area contributed by atoms with Gasteiger partial charge in [0.25, 0.3) is 0 Å². The van der Waals surface area contributed by atoms with E-state index in [0.717, 1.165) is 43.4 Å². The highest BCUT2D eigenvalue weighted by Gasteiger charge is 2.29. The van der Waals surface area contributed by atoms with Crippen molar-refractivity contribution in [2.24, 2.45) is 10.7 Å². The van der Waals surface area contributed by atoms with E-state index in [1.807, 2.05) is 10.3 Å². The Hall–Kier alpha value is -2.29. The molecular formula is C16H18F3N5S. The average Bonchev–Trinajstić information content (AvgIpc) is 3.14. The Balaban J connectivity index is 1.54. The second-order valence-electron chi connectivity index (χ2n) is 5.66. The summed E-state index contributed by atoms with van der Waals surface area (Å²) in [5.74, 6) is 0.415. The Morgan fingerprint density at radius 3 is 2.40 bits per heavy atom. The highest BCUT2D eigenvalue weighted by molar-refractivity contribution is 7.13. The van der Waals surface area contributed by atoms with Crippen LogP contribution in [-0.4, -0.2) is 42.0 Å². The number of hydrogen-bond donors (Lipinski definition) is 1. The van der Waals surface area contributed by atoms with Gasteiger partial charge in [0.1, 0.15) is 0 Å². The lowest BCUT2D eigenvalue weighted by molar-refractivity contribution is -0.137. The van der Waals surface area contributed by atoms with Gasteiger partial charge in [-0.25, -0.2) is 9.98 Å². The molecule has 134 valence electrons. The van der Waals surface area contributed by atoms with Gasteiger partial charge in [0.15, 0.2) is 11.1 Å². The molecule has 2 N–H and O–H groups in total. The van der Waals surface area contributed by atoms with Gasteiger partial charge < -0.3 is 15.5 Å². The van der Waals surface area contributed by atoms with Crippen LogP contribution in [0.15, 0.2) is 40.8 Å². The van der Waals surface area contributed by atoms with Crippen molar-refractivity contribution in [2.75, 3.05) is 31.1 Å². The summed E-state index contributed by atoms with van der Waals surface area (Å²) in [7, 11) is 0. The number of halogens is 3. The highest BCUT2D eigenvalue weighted by Crippen LogP contribution is 2.29. The van der Waals surface area contributed by atoms with Crippen molar-refractivity contribution >= 4 is 22.4 Å². The summed E-state index contributed by atoms with van der Waals surface area (Å²) < 4.78 is 37.6. The van der Waals surface area contributed by atoms with Crippen molar-refractivity contribution in [3.05, 3.63) is 47.0 Å². The summed E-state index contributed by atoms with van der Waals surface area (Å²) in [4.78, 5) is 12.8. The van der Waals surface area contributed by atoms with Gasteiger partial charge in [0.2, 0.25) is 0 Å². The number of guanidine groups is 1. The highest BCUT2D eigenvalue weighted by atomic mass is 32.1. The Bertz CT molecular complexity index is 704. The van der Waals surface area contributed by atoms with Crippen molar-refractivity contribution in [3.63, 3.8) is 0 Å². The number of nitrogens with two attached hydrogens (primary N) is 1. The number of thiazole rings is 1. The van der Waals surface area contributed by atoms with E-state index in [-0.39, 0.29) is 6.54 Å². The molecule has 1 aromatic heterocycles. The molecule has 1 fully saturated rings. The maximum Gasteiger partial charge on any atom is 0.416 e. The van der Waals surface area contributed by atoms with Gasteiger partial charge in [0.05, 0.1) is 12.1 Å². The molecule has 2 heterocycles. The fourth-order valence-electron chi connectivity index (χ4n) is 2.57. The SMILES string of the molecule is NC(=NCc1ccc(C(F)(F)F)cc1)N1CCN(c2nccs2)CC1. The van der Waals surface area contributed by atoms with E-state index >= 15 is 0 Å². The van der Waals surface area contributed by atoms with E-state index < -0.39 is 11.7 Å². The number of rotatable bonds is 3. The van der Waals surface area contributed by atoms with Gasteiger partial charge in [-0.15, -0.1) is 11.3 Å². The second-order valence-corrected chi connectivity index (χ2v) is 6.53. The van der Waals surface area contributed by atoms with Gasteiger partial charge in [-0.3, -0.25) is 0 Å². The molecule has 0 saturated carbocycles. The number of aliphatic imine (C=N–C) groups is 1. The number of anilines is 1. The number of piperazine rings is 1. The molecule has 0 bridgehead atoms. The van der Waals surface area contributed by atoms with Gasteiger partial charge in [0, 0.05) is 37.8 Å². The minimum atomic E-state index is -4.32. The second kappa shape index (κ2) is 7.30. The van der Waals surface area contributed by atoms with Crippen LogP contribution in [-0.2, 0) is 12.7 Å². The summed E-state index contributed by atoms with van der Waals surface area (Å²) in [5.41, 5.74) is 6.06. The van der Waals surface area contributed by atoms with Crippen molar-refractivity contribution < 1.29 is 13.2 Å². The Morgan fingerprint density at radius 1 is 1.16 bits per heavy atom. The van der Waals surface area contributed by atoms with Gasteiger partial charge in [-0.2, -0.15) is 13.2 Å². The van der Waals surface area contributed by atoms with Crippen molar-refractivity contribution in [2.45, 2.75) is 12.7 Å². The molecule has 0 spiro atoms. The molecule has 9 heteroatoms. The predicted molar refractivity (Wildman–Crippen MR) is 92.7 cm³/mol. The predicted octanol–water partition coefficient (Wildman–Crippen LogP) is 2.80. The molecule has 1 aliphatic heterocycles. The Labute approximate surface area is 147 Å². The van der Waals surface area contributed by atoms with E-state index in [1.165, 1.54) is 12.1 Å². The maximum atomic E-state index is 12.5. The average molecular weight is 369 g/mol. The first-order valence-electron chi connectivity index (χ1n) is 7.79. The van der Waals surface area contributed by atoms with Crippen molar-refractivity contribution in [1.82, 2.24) is 9.88 Å². The van der Waals surface area contributed by atoms with Gasteiger partial charge >= 0.3 is 6.18 Å². The molecule has 0 unspecified atom stereocenters. The van der Waals surface area contributed by atoms with Crippen LogP contribution in [0.3, 0.4) is 0 Å². The summed E-state index contributed by atoms with van der Waals surface area (Å²) >= 11 is 1.60. The van der Waals surface area contributed by atoms with Gasteiger partial charge in [-0.05, 0) is 17.7 Å². The van der Waals surface area contributed by atoms with Crippen LogP contribution in [0.1, 0.15) is 11.1 Å². The van der Waals surface area contributed by atoms with Crippen LogP contribution >= 0.6 is 11.3 Å². The topological polar surface area (TPSA) is 57.8 Å². The van der Waals surface area contributed by atoms with Crippen LogP contribution < -0.4 is 10.6 Å². The lowest BCUT2D eigenvalue weighted by Gasteiger charge is -2.35. The number of benzene rings is 1. The fraction of sp³-hybridized carbons (Fsp3) is 0.375. The number of hydrogen-bond acceptors (Lipinski definition) is 4. The summed E-state index contributed by atoms with van der Waals surface area (Å²) in [6, 6.07) is 4.99. The lowest BCUT2D eigenvalue weighted by Crippen LogP contribution is -2.51. The first kappa shape index (κ1) is 17.5. The number of nitrogens with zero attached hydrogens (tertiary/aromatic N) is 4. The van der Waals surface area contributed by atoms with Crippen LogP contribution in [0, 0.1) is 0 Å². The first-order chi connectivity index (χ1) is 11.9. The minimum Gasteiger partial charge on any atom is -0.370 e. The van der Waals surface area contributed by atoms with E-state index in [9.17, 15) is 13.2 Å². The zero-order chi connectivity index (χ0) is 17.9. The van der Waals surface area contributed by atoms with E-state index in [2.05, 4.69) is 14.9 Å². The minimum absolute atomic E-state index is 0.261. The molecule has 0 radical (unpaired) electrons. The molecule has 0 amide bonds. The molecule has 0 atom stereocenters. The molecule has 0 aliphatic carbocycles. The zero-order valence-electron chi connectivity index (χ0n) is 13.4. The molecule has 1 aliphatic rings. The van der Waals surface area contributed by atoms with E-state index in [1.54, 1.807) is 17.5 Å². The van der Waals surface area contributed by atoms with Crippen molar-refractivity contribution in [3.8, 4) is 0 Å². The summed E-state index contributed by atoms with van der Waals surface area (Å²) in [5, 5.41) is 2.95. The molecule has 1 aromatic carbocycles. The largest absolute Gasteiger partial charge is 0.416 e. The standard InChI is InChI=1S/C16H18F3N5S/c17-16(18,19)13-3-1-12(2-4-13)11-22-14(20)23-6-8-24(9-7-23)15-21-5-10-25-15/h1-5,10H,6-9,11H2,(H2,20,22). The third-order valence-corrected chi connectivity index (χ3v) is 4.83. The third-order valence-electron chi connectivity index (χ3n) is 4.00. The molecule has 1 saturated heterocycles. The number of aromatic nitrogens is 1. The monoisotopic (exact) mass is 369 g/mol. The van der Waals surface area contributed by atoms with Gasteiger partial charge in [-0.1, -0.05) is 12.1 Å². The fourth-order valence-corrected chi connectivity index (χ4v) is 3.27. The molecule has 2 aromatic rings. The molecule has 25 heavy (non-hydrogen) atoms. The molecule has 3 rings (SSSR count). The summed E-state index contributed by atoms with van der Waals surface area (Å²) in [6.07, 6.45) is -2.54. The Morgan fingerprint density at radius 2 is 1.84 bits per heavy atom. The quantitative estimate of drug-likeness (QED) is 0.668. The Kier molecular flexibility index (Phi) is 5.12. The zero-order valence-corrected chi connectivity index (χ0v) is 14.2. The third kappa shape index (κ3) is 4.41. The van der Waals surface area contributed by atoms with Crippen LogP contribution in [0.2, 0.25) is 0 Å². The molecular weight excluding hydrogens is 351 g/mol. The van der Waals surface area contributed by atoms with E-state index in [0.29, 0.717) is 11.5 Å². The molecule has 5 nitrogen and oxygen atoms in total. The smallest absolute Gasteiger partial charge is 0.370 e. The normalized spacial score (nSPS) is 16.4. The first-order valence-corrected chi connectivity index (χ1v) is 8.67. The van der Waals surface area contributed by atoms with Crippen LogP contribution in [0.25, 0.3) is 0 Å².